The van der Waals surface area contributed by atoms with Crippen molar-refractivity contribution in [3.05, 3.63) is 0 Å². The lowest BCUT2D eigenvalue weighted by molar-refractivity contribution is -0.138. The molecular formula is C16H29ClN4O2. The van der Waals surface area contributed by atoms with Gasteiger partial charge in [-0.1, -0.05) is 19.3 Å². The van der Waals surface area contributed by atoms with Gasteiger partial charge in [0.1, 0.15) is 0 Å². The first-order valence-corrected chi connectivity index (χ1v) is 8.79. The molecule has 3 amide bonds. The quantitative estimate of drug-likeness (QED) is 0.721. The summed E-state index contributed by atoms with van der Waals surface area (Å²) in [5.74, 6) is 0.461. The number of hydrogen-bond donors (Lipinski definition) is 3. The molecular weight excluding hydrogens is 316 g/mol. The Morgan fingerprint density at radius 2 is 1.43 bits per heavy atom. The van der Waals surface area contributed by atoms with E-state index in [2.05, 4.69) is 16.0 Å². The predicted octanol–water partition coefficient (Wildman–Crippen LogP) is 1.25. The molecule has 2 heterocycles. The van der Waals surface area contributed by atoms with Crippen molar-refractivity contribution in [1.82, 2.24) is 20.9 Å². The Bertz CT molecular complexity index is 403. The summed E-state index contributed by atoms with van der Waals surface area (Å²) < 4.78 is 0. The first kappa shape index (κ1) is 18.3. The van der Waals surface area contributed by atoms with Gasteiger partial charge in [-0.2, -0.15) is 0 Å². The van der Waals surface area contributed by atoms with Crippen LogP contribution in [-0.4, -0.2) is 55.1 Å². The van der Waals surface area contributed by atoms with E-state index in [1.54, 1.807) is 0 Å². The van der Waals surface area contributed by atoms with Gasteiger partial charge in [0, 0.05) is 38.3 Å². The molecule has 0 aromatic carbocycles. The van der Waals surface area contributed by atoms with Gasteiger partial charge in [0.15, 0.2) is 0 Å². The smallest absolute Gasteiger partial charge is 0.315 e. The Morgan fingerprint density at radius 1 is 0.870 bits per heavy atom. The van der Waals surface area contributed by atoms with Crippen molar-refractivity contribution in [2.75, 3.05) is 26.2 Å². The lowest BCUT2D eigenvalue weighted by Crippen LogP contribution is -2.55. The molecule has 0 aromatic heterocycles. The number of rotatable bonds is 3. The summed E-state index contributed by atoms with van der Waals surface area (Å²) in [7, 11) is 0. The van der Waals surface area contributed by atoms with Crippen LogP contribution in [0.2, 0.25) is 0 Å². The summed E-state index contributed by atoms with van der Waals surface area (Å²) in [6, 6.07) is 0.522. The molecule has 0 unspecified atom stereocenters. The van der Waals surface area contributed by atoms with Crippen LogP contribution in [0.15, 0.2) is 0 Å². The van der Waals surface area contributed by atoms with Crippen molar-refractivity contribution in [3.8, 4) is 0 Å². The zero-order valence-corrected chi connectivity index (χ0v) is 14.5. The monoisotopic (exact) mass is 344 g/mol. The summed E-state index contributed by atoms with van der Waals surface area (Å²) in [5.41, 5.74) is 0. The third-order valence-electron chi connectivity index (χ3n) is 5.21. The molecule has 132 valence electrons. The first-order chi connectivity index (χ1) is 10.7. The molecule has 0 bridgehead atoms. The van der Waals surface area contributed by atoms with Crippen LogP contribution < -0.4 is 16.0 Å². The van der Waals surface area contributed by atoms with Crippen LogP contribution in [0.4, 0.5) is 4.79 Å². The maximum absolute atomic E-state index is 12.2. The van der Waals surface area contributed by atoms with E-state index in [1.165, 1.54) is 19.3 Å². The second-order valence-electron chi connectivity index (χ2n) is 6.91. The summed E-state index contributed by atoms with van der Waals surface area (Å²) >= 11 is 0. The second kappa shape index (κ2) is 8.73. The van der Waals surface area contributed by atoms with Crippen LogP contribution >= 0.6 is 12.4 Å². The van der Waals surface area contributed by atoms with Crippen LogP contribution in [0.5, 0.6) is 0 Å². The summed E-state index contributed by atoms with van der Waals surface area (Å²) in [6.45, 7) is 3.18. The molecule has 7 heteroatoms. The molecule has 0 spiro atoms. The second-order valence-corrected chi connectivity index (χ2v) is 6.91. The molecule has 1 saturated carbocycles. The number of urea groups is 1. The first-order valence-electron chi connectivity index (χ1n) is 8.79. The van der Waals surface area contributed by atoms with E-state index in [0.717, 1.165) is 51.9 Å². The van der Waals surface area contributed by atoms with Crippen LogP contribution in [0.25, 0.3) is 0 Å². The standard InChI is InChI=1S/C16H28N4O2.ClH/c21-15(12-10-17-11-12)20-8-6-14(7-9-20)19-16(22)18-13-4-2-1-3-5-13;/h12-14,17H,1-11H2,(H2,18,19,22);1H. The molecule has 23 heavy (non-hydrogen) atoms. The number of piperidine rings is 1. The Kier molecular flexibility index (Phi) is 6.96. The SMILES string of the molecule is Cl.O=C(NC1CCCCC1)NC1CCN(C(=O)C2CNC2)CC1. The van der Waals surface area contributed by atoms with Gasteiger partial charge in [0.05, 0.1) is 5.92 Å². The van der Waals surface area contributed by atoms with E-state index in [9.17, 15) is 9.59 Å². The van der Waals surface area contributed by atoms with Gasteiger partial charge < -0.3 is 20.9 Å². The van der Waals surface area contributed by atoms with Gasteiger partial charge in [0.25, 0.3) is 0 Å². The summed E-state index contributed by atoms with van der Waals surface area (Å²) in [6.07, 6.45) is 7.69. The highest BCUT2D eigenvalue weighted by Crippen LogP contribution is 2.18. The zero-order valence-electron chi connectivity index (χ0n) is 13.7. The van der Waals surface area contributed by atoms with Crippen LogP contribution in [0.1, 0.15) is 44.9 Å². The summed E-state index contributed by atoms with van der Waals surface area (Å²) in [4.78, 5) is 26.2. The highest BCUT2D eigenvalue weighted by molar-refractivity contribution is 5.85. The molecule has 3 aliphatic rings. The van der Waals surface area contributed by atoms with E-state index in [0.29, 0.717) is 6.04 Å². The number of nitrogens with one attached hydrogen (secondary N) is 3. The lowest BCUT2D eigenvalue weighted by Gasteiger charge is -2.37. The number of amides is 3. The van der Waals surface area contributed by atoms with Crippen molar-refractivity contribution in [2.24, 2.45) is 5.92 Å². The fraction of sp³-hybridized carbons (Fsp3) is 0.875. The molecule has 3 rings (SSSR count). The molecule has 0 radical (unpaired) electrons. The van der Waals surface area contributed by atoms with Gasteiger partial charge in [-0.3, -0.25) is 4.79 Å². The number of carbonyl (C=O) groups excluding carboxylic acids is 2. The van der Waals surface area contributed by atoms with Gasteiger partial charge >= 0.3 is 6.03 Å². The van der Waals surface area contributed by atoms with E-state index in [-0.39, 0.29) is 36.3 Å². The molecule has 2 aliphatic heterocycles. The van der Waals surface area contributed by atoms with Crippen molar-refractivity contribution in [2.45, 2.75) is 57.0 Å². The maximum Gasteiger partial charge on any atom is 0.315 e. The highest BCUT2D eigenvalue weighted by atomic mass is 35.5. The van der Waals surface area contributed by atoms with Crippen LogP contribution in [0, 0.1) is 5.92 Å². The van der Waals surface area contributed by atoms with E-state index >= 15 is 0 Å². The van der Waals surface area contributed by atoms with Gasteiger partial charge in [0.2, 0.25) is 5.91 Å². The Labute approximate surface area is 144 Å². The molecule has 3 N–H and O–H groups in total. The molecule has 2 saturated heterocycles. The Balaban J connectivity index is 0.00000192. The van der Waals surface area contributed by atoms with E-state index < -0.39 is 0 Å². The topological polar surface area (TPSA) is 73.5 Å². The fourth-order valence-corrected chi connectivity index (χ4v) is 3.63. The number of halogens is 1. The molecule has 0 aromatic rings. The predicted molar refractivity (Wildman–Crippen MR) is 91.8 cm³/mol. The van der Waals surface area contributed by atoms with Crippen molar-refractivity contribution < 1.29 is 9.59 Å². The Morgan fingerprint density at radius 3 is 1.96 bits per heavy atom. The largest absolute Gasteiger partial charge is 0.342 e. The van der Waals surface area contributed by atoms with Gasteiger partial charge in [-0.25, -0.2) is 4.79 Å². The molecule has 0 atom stereocenters. The van der Waals surface area contributed by atoms with Crippen molar-refractivity contribution >= 4 is 24.3 Å². The molecule has 1 aliphatic carbocycles. The number of likely N-dealkylation sites (tertiary alicyclic amines) is 1. The van der Waals surface area contributed by atoms with Gasteiger partial charge in [-0.05, 0) is 25.7 Å². The third kappa shape index (κ3) is 4.98. The minimum atomic E-state index is -0.0279. The minimum Gasteiger partial charge on any atom is -0.342 e. The van der Waals surface area contributed by atoms with Crippen LogP contribution in [0.3, 0.4) is 0 Å². The normalized spacial score (nSPS) is 23.6. The zero-order chi connectivity index (χ0) is 15.4. The van der Waals surface area contributed by atoms with Crippen LogP contribution in [-0.2, 0) is 4.79 Å². The number of nitrogens with zero attached hydrogens (tertiary/aromatic N) is 1. The minimum absolute atomic E-state index is 0. The molecule has 6 nitrogen and oxygen atoms in total. The lowest BCUT2D eigenvalue weighted by atomic mass is 9.95. The Hall–Kier alpha value is -1.01. The maximum atomic E-state index is 12.2. The van der Waals surface area contributed by atoms with E-state index in [4.69, 9.17) is 0 Å². The number of carbonyl (C=O) groups is 2. The molecule has 3 fully saturated rings. The highest BCUT2D eigenvalue weighted by Gasteiger charge is 2.31. The average molecular weight is 345 g/mol. The van der Waals surface area contributed by atoms with Gasteiger partial charge in [-0.15, -0.1) is 12.4 Å². The summed E-state index contributed by atoms with van der Waals surface area (Å²) in [5, 5.41) is 9.32. The average Bonchev–Trinajstić information content (AvgIpc) is 2.47. The third-order valence-corrected chi connectivity index (χ3v) is 5.21. The van der Waals surface area contributed by atoms with E-state index in [1.807, 2.05) is 4.90 Å². The number of hydrogen-bond acceptors (Lipinski definition) is 3. The van der Waals surface area contributed by atoms with Crippen molar-refractivity contribution in [3.63, 3.8) is 0 Å². The van der Waals surface area contributed by atoms with Crippen molar-refractivity contribution in [1.29, 1.82) is 0 Å². The fourth-order valence-electron chi connectivity index (χ4n) is 3.63.